The average molecular weight is 341 g/mol. The lowest BCUT2D eigenvalue weighted by molar-refractivity contribution is 0.0955. The molecule has 0 bridgehead atoms. The molecule has 1 aliphatic rings. The number of hydrogen-bond donors (Lipinski definition) is 1. The van der Waals surface area contributed by atoms with Crippen molar-refractivity contribution in [3.63, 3.8) is 0 Å². The summed E-state index contributed by atoms with van der Waals surface area (Å²) in [5.41, 5.74) is 4.66. The fourth-order valence-electron chi connectivity index (χ4n) is 2.37. The van der Waals surface area contributed by atoms with Crippen molar-refractivity contribution >= 4 is 17.8 Å². The number of hydrogen-bond acceptors (Lipinski definition) is 6. The summed E-state index contributed by atoms with van der Waals surface area (Å²) in [7, 11) is 5.39. The second-order valence-electron chi connectivity index (χ2n) is 5.59. The van der Waals surface area contributed by atoms with E-state index in [-0.39, 0.29) is 12.7 Å². The predicted molar refractivity (Wildman–Crippen MR) is 94.9 cm³/mol. The first-order valence-corrected chi connectivity index (χ1v) is 7.67. The van der Waals surface area contributed by atoms with Crippen molar-refractivity contribution in [1.82, 2.24) is 5.43 Å². The van der Waals surface area contributed by atoms with Crippen molar-refractivity contribution in [2.45, 2.75) is 0 Å². The monoisotopic (exact) mass is 341 g/mol. The molecule has 1 amide bonds. The molecule has 0 saturated carbocycles. The molecule has 1 N–H and O–H groups in total. The Morgan fingerprint density at radius 1 is 1.24 bits per heavy atom. The summed E-state index contributed by atoms with van der Waals surface area (Å²) in [4.78, 5) is 14.2. The number of hydrazone groups is 1. The van der Waals surface area contributed by atoms with Crippen LogP contribution in [0.25, 0.3) is 0 Å². The third-order valence-corrected chi connectivity index (χ3v) is 3.72. The van der Waals surface area contributed by atoms with Gasteiger partial charge >= 0.3 is 0 Å². The molecule has 130 valence electrons. The van der Waals surface area contributed by atoms with Crippen LogP contribution in [-0.2, 0) is 0 Å². The number of fused-ring (bicyclic) bond motifs is 1. The third-order valence-electron chi connectivity index (χ3n) is 3.72. The van der Waals surface area contributed by atoms with Gasteiger partial charge in [-0.05, 0) is 24.3 Å². The van der Waals surface area contributed by atoms with Crippen LogP contribution in [0.3, 0.4) is 0 Å². The maximum atomic E-state index is 12.2. The van der Waals surface area contributed by atoms with Gasteiger partial charge in [-0.3, -0.25) is 4.79 Å². The van der Waals surface area contributed by atoms with E-state index in [1.165, 1.54) is 6.21 Å². The molecule has 2 aromatic rings. The molecule has 0 saturated heterocycles. The summed E-state index contributed by atoms with van der Waals surface area (Å²) in [5.74, 6) is 1.53. The summed E-state index contributed by atoms with van der Waals surface area (Å²) in [5, 5.41) is 4.01. The molecule has 1 aliphatic heterocycles. The highest BCUT2D eigenvalue weighted by molar-refractivity contribution is 5.96. The molecule has 7 heteroatoms. The van der Waals surface area contributed by atoms with Crippen molar-refractivity contribution in [2.24, 2.45) is 5.10 Å². The highest BCUT2D eigenvalue weighted by Crippen LogP contribution is 2.37. The lowest BCUT2D eigenvalue weighted by atomic mass is 10.2. The molecule has 2 aromatic carbocycles. The molecule has 0 aliphatic carbocycles. The molecule has 0 radical (unpaired) electrons. The Morgan fingerprint density at radius 3 is 2.72 bits per heavy atom. The SMILES string of the molecule is COc1cc2c(cc1/C=N/NC(=O)c1cccc(N(C)C)c1)OCO2. The van der Waals surface area contributed by atoms with Gasteiger partial charge in [0.1, 0.15) is 5.75 Å². The zero-order valence-corrected chi connectivity index (χ0v) is 14.3. The molecule has 0 atom stereocenters. The van der Waals surface area contributed by atoms with Crippen molar-refractivity contribution in [3.8, 4) is 17.2 Å². The molecular weight excluding hydrogens is 322 g/mol. The first kappa shape index (κ1) is 16.6. The number of carbonyl (C=O) groups is 1. The van der Waals surface area contributed by atoms with Crippen LogP contribution in [0.2, 0.25) is 0 Å². The van der Waals surface area contributed by atoms with Gasteiger partial charge in [-0.25, -0.2) is 5.43 Å². The van der Waals surface area contributed by atoms with E-state index in [1.807, 2.05) is 31.1 Å². The van der Waals surface area contributed by atoms with Gasteiger partial charge < -0.3 is 19.1 Å². The highest BCUT2D eigenvalue weighted by Gasteiger charge is 2.17. The number of rotatable bonds is 5. The molecule has 3 rings (SSSR count). The van der Waals surface area contributed by atoms with Crippen LogP contribution in [0.15, 0.2) is 41.5 Å². The van der Waals surface area contributed by atoms with Crippen LogP contribution < -0.4 is 24.5 Å². The maximum absolute atomic E-state index is 12.2. The first-order valence-electron chi connectivity index (χ1n) is 7.67. The Hall–Kier alpha value is -3.22. The van der Waals surface area contributed by atoms with E-state index < -0.39 is 0 Å². The van der Waals surface area contributed by atoms with Crippen molar-refractivity contribution in [1.29, 1.82) is 0 Å². The first-order chi connectivity index (χ1) is 12.1. The molecular formula is C18H19N3O4. The minimum absolute atomic E-state index is 0.179. The van der Waals surface area contributed by atoms with Crippen LogP contribution in [0, 0.1) is 0 Å². The average Bonchev–Trinajstić information content (AvgIpc) is 3.08. The van der Waals surface area contributed by atoms with E-state index in [9.17, 15) is 4.79 Å². The summed E-state index contributed by atoms with van der Waals surface area (Å²) in [6.45, 7) is 0.179. The molecule has 1 heterocycles. The number of anilines is 1. The van der Waals surface area contributed by atoms with E-state index in [1.54, 1.807) is 31.4 Å². The van der Waals surface area contributed by atoms with E-state index in [0.717, 1.165) is 5.69 Å². The van der Waals surface area contributed by atoms with Gasteiger partial charge in [-0.15, -0.1) is 0 Å². The lowest BCUT2D eigenvalue weighted by Crippen LogP contribution is -2.18. The van der Waals surface area contributed by atoms with Crippen LogP contribution in [0.4, 0.5) is 5.69 Å². The summed E-state index contributed by atoms with van der Waals surface area (Å²) in [6.07, 6.45) is 1.51. The van der Waals surface area contributed by atoms with E-state index in [2.05, 4.69) is 10.5 Å². The zero-order chi connectivity index (χ0) is 17.8. The fraction of sp³-hybridized carbons (Fsp3) is 0.222. The van der Waals surface area contributed by atoms with Gasteiger partial charge in [0.2, 0.25) is 6.79 Å². The summed E-state index contributed by atoms with van der Waals surface area (Å²) >= 11 is 0. The number of carbonyl (C=O) groups excluding carboxylic acids is 1. The maximum Gasteiger partial charge on any atom is 0.271 e. The van der Waals surface area contributed by atoms with Crippen molar-refractivity contribution in [3.05, 3.63) is 47.5 Å². The smallest absolute Gasteiger partial charge is 0.271 e. The van der Waals surface area contributed by atoms with Crippen LogP contribution in [0.5, 0.6) is 17.2 Å². The Bertz CT molecular complexity index is 818. The van der Waals surface area contributed by atoms with Gasteiger partial charge in [0, 0.05) is 37.0 Å². The van der Waals surface area contributed by atoms with Crippen molar-refractivity contribution in [2.75, 3.05) is 32.9 Å². The standard InChI is InChI=1S/C18H19N3O4/c1-21(2)14-6-4-5-12(7-14)18(22)20-19-10-13-8-16-17(25-11-24-16)9-15(13)23-3/h4-10H,11H2,1-3H3,(H,20,22)/b19-10+. The predicted octanol–water partition coefficient (Wildman–Crippen LogP) is 2.25. The van der Waals surface area contributed by atoms with Crippen LogP contribution in [-0.4, -0.2) is 40.1 Å². The zero-order valence-electron chi connectivity index (χ0n) is 14.3. The summed E-state index contributed by atoms with van der Waals surface area (Å²) in [6, 6.07) is 10.8. The number of nitrogens with zero attached hydrogens (tertiary/aromatic N) is 2. The Balaban J connectivity index is 1.73. The molecule has 0 spiro atoms. The normalized spacial score (nSPS) is 12.3. The number of nitrogens with one attached hydrogen (secondary N) is 1. The minimum atomic E-state index is -0.292. The Kier molecular flexibility index (Phi) is 4.74. The fourth-order valence-corrected chi connectivity index (χ4v) is 2.37. The summed E-state index contributed by atoms with van der Waals surface area (Å²) < 4.78 is 16.0. The molecule has 0 fully saturated rings. The number of amides is 1. The topological polar surface area (TPSA) is 72.4 Å². The minimum Gasteiger partial charge on any atom is -0.496 e. The second kappa shape index (κ2) is 7.12. The Labute approximate surface area is 145 Å². The van der Waals surface area contributed by atoms with E-state index >= 15 is 0 Å². The number of methoxy groups -OCH3 is 1. The van der Waals surface area contributed by atoms with Crippen LogP contribution in [0.1, 0.15) is 15.9 Å². The van der Waals surface area contributed by atoms with Gasteiger partial charge in [0.05, 0.1) is 13.3 Å². The quantitative estimate of drug-likeness (QED) is 0.667. The molecule has 0 aromatic heterocycles. The number of benzene rings is 2. The molecule has 7 nitrogen and oxygen atoms in total. The van der Waals surface area contributed by atoms with Gasteiger partial charge in [-0.1, -0.05) is 6.07 Å². The highest BCUT2D eigenvalue weighted by atomic mass is 16.7. The van der Waals surface area contributed by atoms with E-state index in [0.29, 0.717) is 28.4 Å². The van der Waals surface area contributed by atoms with E-state index in [4.69, 9.17) is 14.2 Å². The molecule has 25 heavy (non-hydrogen) atoms. The number of ether oxygens (including phenoxy) is 3. The van der Waals surface area contributed by atoms with Gasteiger partial charge in [0.15, 0.2) is 11.5 Å². The second-order valence-corrected chi connectivity index (χ2v) is 5.59. The van der Waals surface area contributed by atoms with Crippen molar-refractivity contribution < 1.29 is 19.0 Å². The molecule has 0 unspecified atom stereocenters. The van der Waals surface area contributed by atoms with Crippen LogP contribution >= 0.6 is 0 Å². The third kappa shape index (κ3) is 3.65. The Morgan fingerprint density at radius 2 is 2.00 bits per heavy atom. The lowest BCUT2D eigenvalue weighted by Gasteiger charge is -2.12. The van der Waals surface area contributed by atoms with Gasteiger partial charge in [0.25, 0.3) is 5.91 Å². The van der Waals surface area contributed by atoms with Gasteiger partial charge in [-0.2, -0.15) is 5.10 Å². The largest absolute Gasteiger partial charge is 0.496 e.